The zero-order chi connectivity index (χ0) is 24.9. The Morgan fingerprint density at radius 2 is 1.00 bits per heavy atom. The average molecular weight is 497 g/mol. The van der Waals surface area contributed by atoms with Gasteiger partial charge in [0.2, 0.25) is 5.82 Å². The van der Waals surface area contributed by atoms with Gasteiger partial charge in [0.05, 0.1) is 5.54 Å². The summed E-state index contributed by atoms with van der Waals surface area (Å²) < 4.78 is 85.4. The van der Waals surface area contributed by atoms with E-state index in [1.54, 1.807) is 0 Å². The molecule has 0 amide bonds. The highest BCUT2D eigenvalue weighted by Gasteiger charge is 2.60. The Kier molecular flexibility index (Phi) is 8.98. The standard InChI is InChI=1S/C21H25F5O6Si/c1-4-13(27)30-33(31-14(28)5-2,32-15(29)6-3)12-9-7-11(8-10-12)16-17(22)19(24)21(26)20(25)18(16)23/h11-12H,4-10H2,1-3H3. The summed E-state index contributed by atoms with van der Waals surface area (Å²) >= 11 is 0. The molecule has 0 N–H and O–H groups in total. The van der Waals surface area contributed by atoms with Crippen LogP contribution in [0, 0.1) is 29.1 Å². The Morgan fingerprint density at radius 3 is 1.33 bits per heavy atom. The first-order valence-corrected chi connectivity index (χ1v) is 12.5. The second-order valence-electron chi connectivity index (χ2n) is 7.62. The molecule has 0 saturated heterocycles. The number of benzene rings is 1. The monoisotopic (exact) mass is 496 g/mol. The van der Waals surface area contributed by atoms with Crippen molar-refractivity contribution in [2.24, 2.45) is 0 Å². The predicted octanol–water partition coefficient (Wildman–Crippen LogP) is 5.21. The molecule has 1 aliphatic carbocycles. The Hall–Kier alpha value is -2.50. The molecule has 1 aromatic rings. The molecule has 6 nitrogen and oxygen atoms in total. The number of carbonyl (C=O) groups excluding carboxylic acids is 3. The van der Waals surface area contributed by atoms with Crippen LogP contribution < -0.4 is 0 Å². The molecule has 0 atom stereocenters. The van der Waals surface area contributed by atoms with Crippen molar-refractivity contribution >= 4 is 26.7 Å². The maximum Gasteiger partial charge on any atom is 0.708 e. The van der Waals surface area contributed by atoms with E-state index in [2.05, 4.69) is 0 Å². The topological polar surface area (TPSA) is 78.9 Å². The van der Waals surface area contributed by atoms with E-state index in [1.165, 1.54) is 20.8 Å². The lowest BCUT2D eigenvalue weighted by molar-refractivity contribution is -0.151. The fourth-order valence-corrected chi connectivity index (χ4v) is 6.77. The van der Waals surface area contributed by atoms with Crippen LogP contribution in [0.3, 0.4) is 0 Å². The minimum atomic E-state index is -4.28. The molecule has 33 heavy (non-hydrogen) atoms. The molecular formula is C21H25F5O6Si. The Labute approximate surface area is 188 Å². The minimum Gasteiger partial charge on any atom is -0.455 e. The van der Waals surface area contributed by atoms with E-state index < -0.39 is 72.8 Å². The quantitative estimate of drug-likeness (QED) is 0.213. The van der Waals surface area contributed by atoms with E-state index in [0.717, 1.165) is 0 Å². The van der Waals surface area contributed by atoms with Crippen LogP contribution in [0.15, 0.2) is 0 Å². The van der Waals surface area contributed by atoms with E-state index >= 15 is 0 Å². The lowest BCUT2D eigenvalue weighted by atomic mass is 9.83. The second-order valence-corrected chi connectivity index (χ2v) is 10.3. The number of halogens is 5. The molecule has 1 fully saturated rings. The summed E-state index contributed by atoms with van der Waals surface area (Å²) in [7, 11) is -4.28. The molecule has 0 spiro atoms. The third-order valence-electron chi connectivity index (χ3n) is 5.51. The van der Waals surface area contributed by atoms with Crippen LogP contribution >= 0.6 is 0 Å². The normalized spacial score (nSPS) is 18.5. The molecule has 1 aliphatic rings. The molecule has 0 unspecified atom stereocenters. The summed E-state index contributed by atoms with van der Waals surface area (Å²) in [5.74, 6) is -13.4. The van der Waals surface area contributed by atoms with Gasteiger partial charge in [-0.3, -0.25) is 14.4 Å². The van der Waals surface area contributed by atoms with Gasteiger partial charge >= 0.3 is 8.80 Å². The van der Waals surface area contributed by atoms with Crippen molar-refractivity contribution in [3.05, 3.63) is 34.6 Å². The summed E-state index contributed by atoms with van der Waals surface area (Å²) in [6, 6.07) is 0. The lowest BCUT2D eigenvalue weighted by Gasteiger charge is -2.37. The van der Waals surface area contributed by atoms with Crippen LogP contribution in [0.2, 0.25) is 5.54 Å². The summed E-state index contributed by atoms with van der Waals surface area (Å²) in [5.41, 5.74) is -1.70. The summed E-state index contributed by atoms with van der Waals surface area (Å²) in [6.07, 6.45) is -0.432. The lowest BCUT2D eigenvalue weighted by Crippen LogP contribution is -2.54. The highest BCUT2D eigenvalue weighted by molar-refractivity contribution is 6.67. The summed E-state index contributed by atoms with van der Waals surface area (Å²) in [4.78, 5) is 36.3. The van der Waals surface area contributed by atoms with Gasteiger partial charge in [-0.2, -0.15) is 0 Å². The van der Waals surface area contributed by atoms with Crippen molar-refractivity contribution in [3.8, 4) is 0 Å². The van der Waals surface area contributed by atoms with Gasteiger partial charge in [-0.25, -0.2) is 22.0 Å². The van der Waals surface area contributed by atoms with Gasteiger partial charge in [0.1, 0.15) is 0 Å². The molecule has 0 heterocycles. The van der Waals surface area contributed by atoms with E-state index in [1.807, 2.05) is 0 Å². The van der Waals surface area contributed by atoms with Gasteiger partial charge in [-0.05, 0) is 31.6 Å². The number of hydrogen-bond acceptors (Lipinski definition) is 6. The van der Waals surface area contributed by atoms with Gasteiger partial charge in [0, 0.05) is 24.8 Å². The van der Waals surface area contributed by atoms with E-state index in [0.29, 0.717) is 0 Å². The second kappa shape index (κ2) is 11.1. The van der Waals surface area contributed by atoms with Crippen molar-refractivity contribution in [3.63, 3.8) is 0 Å². The highest BCUT2D eigenvalue weighted by atomic mass is 28.4. The fraction of sp³-hybridized carbons (Fsp3) is 0.571. The number of carbonyl (C=O) groups is 3. The molecular weight excluding hydrogens is 471 g/mol. The smallest absolute Gasteiger partial charge is 0.455 e. The third kappa shape index (κ3) is 5.71. The molecule has 0 aliphatic heterocycles. The zero-order valence-electron chi connectivity index (χ0n) is 18.4. The Morgan fingerprint density at radius 1 is 0.667 bits per heavy atom. The average Bonchev–Trinajstić information content (AvgIpc) is 2.81. The molecule has 0 radical (unpaired) electrons. The minimum absolute atomic E-state index is 0.00136. The fourth-order valence-electron chi connectivity index (χ4n) is 3.72. The third-order valence-corrected chi connectivity index (χ3v) is 8.63. The molecule has 1 aromatic carbocycles. The molecule has 0 bridgehead atoms. The van der Waals surface area contributed by atoms with E-state index in [9.17, 15) is 36.3 Å². The predicted molar refractivity (Wildman–Crippen MR) is 106 cm³/mol. The molecule has 0 aromatic heterocycles. The summed E-state index contributed by atoms with van der Waals surface area (Å²) in [6.45, 7) is 4.47. The van der Waals surface area contributed by atoms with Gasteiger partial charge in [0.25, 0.3) is 17.9 Å². The van der Waals surface area contributed by atoms with Crippen LogP contribution in [-0.2, 0) is 27.7 Å². The van der Waals surface area contributed by atoms with Crippen molar-refractivity contribution in [2.75, 3.05) is 0 Å². The van der Waals surface area contributed by atoms with Crippen LogP contribution in [0.4, 0.5) is 22.0 Å². The van der Waals surface area contributed by atoms with E-state index in [4.69, 9.17) is 13.3 Å². The number of hydrogen-bond donors (Lipinski definition) is 0. The van der Waals surface area contributed by atoms with Crippen molar-refractivity contribution in [1.82, 2.24) is 0 Å². The van der Waals surface area contributed by atoms with Crippen molar-refractivity contribution in [2.45, 2.75) is 77.2 Å². The Bertz CT molecular complexity index is 842. The van der Waals surface area contributed by atoms with Crippen molar-refractivity contribution in [1.29, 1.82) is 0 Å². The first kappa shape index (κ1) is 26.7. The van der Waals surface area contributed by atoms with Gasteiger partial charge < -0.3 is 13.3 Å². The van der Waals surface area contributed by atoms with Crippen LogP contribution in [0.1, 0.15) is 77.2 Å². The van der Waals surface area contributed by atoms with Crippen LogP contribution in [-0.4, -0.2) is 26.7 Å². The van der Waals surface area contributed by atoms with Gasteiger partial charge in [-0.15, -0.1) is 0 Å². The van der Waals surface area contributed by atoms with Crippen LogP contribution in [0.5, 0.6) is 0 Å². The summed E-state index contributed by atoms with van der Waals surface area (Å²) in [5, 5.41) is 0. The highest BCUT2D eigenvalue weighted by Crippen LogP contribution is 2.46. The van der Waals surface area contributed by atoms with Crippen LogP contribution in [0.25, 0.3) is 0 Å². The van der Waals surface area contributed by atoms with Gasteiger partial charge in [0.15, 0.2) is 23.3 Å². The first-order chi connectivity index (χ1) is 15.5. The van der Waals surface area contributed by atoms with Crippen molar-refractivity contribution < 1.29 is 49.6 Å². The largest absolute Gasteiger partial charge is 0.708 e. The molecule has 12 heteroatoms. The van der Waals surface area contributed by atoms with E-state index in [-0.39, 0.29) is 44.9 Å². The maximum atomic E-state index is 14.3. The molecule has 2 rings (SSSR count). The molecule has 184 valence electrons. The first-order valence-electron chi connectivity index (χ1n) is 10.7. The zero-order valence-corrected chi connectivity index (χ0v) is 19.4. The molecule has 1 saturated carbocycles. The maximum absolute atomic E-state index is 14.3. The Balaban J connectivity index is 2.38. The number of rotatable bonds is 8. The van der Waals surface area contributed by atoms with Gasteiger partial charge in [-0.1, -0.05) is 20.8 Å². The SMILES string of the molecule is CCC(=O)O[Si](OC(=O)CC)(OC(=O)CC)C1CCC(c2c(F)c(F)c(F)c(F)c2F)CC1.